The van der Waals surface area contributed by atoms with E-state index in [2.05, 4.69) is 38.1 Å². The highest BCUT2D eigenvalue weighted by Gasteiger charge is 2.02. The Morgan fingerprint density at radius 1 is 1.06 bits per heavy atom. The minimum atomic E-state index is 0.756. The van der Waals surface area contributed by atoms with E-state index in [9.17, 15) is 0 Å². The van der Waals surface area contributed by atoms with Gasteiger partial charge in [0.15, 0.2) is 0 Å². The molecule has 0 aliphatic heterocycles. The molecule has 0 saturated carbocycles. The van der Waals surface area contributed by atoms with E-state index in [-0.39, 0.29) is 0 Å². The predicted molar refractivity (Wildman–Crippen MR) is 76.6 cm³/mol. The van der Waals surface area contributed by atoms with Crippen molar-refractivity contribution >= 4 is 11.8 Å². The molecule has 2 rings (SSSR count). The van der Waals surface area contributed by atoms with Gasteiger partial charge in [-0.3, -0.25) is 0 Å². The fourth-order valence-corrected chi connectivity index (χ4v) is 2.93. The van der Waals surface area contributed by atoms with Crippen molar-refractivity contribution in [1.29, 1.82) is 5.26 Å². The van der Waals surface area contributed by atoms with E-state index in [1.54, 1.807) is 11.8 Å². The van der Waals surface area contributed by atoms with Gasteiger partial charge >= 0.3 is 0 Å². The Bertz CT molecular complexity index is 576. The Hall–Kier alpha value is -1.72. The first-order valence-corrected chi connectivity index (χ1v) is 6.86. The van der Waals surface area contributed by atoms with Crippen molar-refractivity contribution in [3.8, 4) is 6.07 Å². The van der Waals surface area contributed by atoms with Crippen LogP contribution in [0.2, 0.25) is 0 Å². The maximum atomic E-state index is 9.04. The van der Waals surface area contributed by atoms with E-state index in [4.69, 9.17) is 5.26 Å². The molecule has 0 unspecified atom stereocenters. The van der Waals surface area contributed by atoms with Gasteiger partial charge in [-0.05, 0) is 31.5 Å². The lowest BCUT2D eigenvalue weighted by Crippen LogP contribution is -1.86. The molecule has 0 heterocycles. The van der Waals surface area contributed by atoms with Crippen LogP contribution in [-0.4, -0.2) is 0 Å². The van der Waals surface area contributed by atoms with Crippen LogP contribution in [0.5, 0.6) is 0 Å². The number of hydrogen-bond donors (Lipinski definition) is 0. The van der Waals surface area contributed by atoms with Crippen molar-refractivity contribution in [2.45, 2.75) is 24.5 Å². The van der Waals surface area contributed by atoms with Crippen LogP contribution in [0.15, 0.2) is 47.4 Å². The van der Waals surface area contributed by atoms with Gasteiger partial charge in [0.1, 0.15) is 6.07 Å². The summed E-state index contributed by atoms with van der Waals surface area (Å²) in [6, 6.07) is 16.6. The Kier molecular flexibility index (Phi) is 4.07. The van der Waals surface area contributed by atoms with Crippen LogP contribution in [0.4, 0.5) is 0 Å². The third-order valence-electron chi connectivity index (χ3n) is 2.68. The Balaban J connectivity index is 2.14. The highest BCUT2D eigenvalue weighted by molar-refractivity contribution is 7.98. The third kappa shape index (κ3) is 3.15. The molecule has 2 aromatic rings. The molecule has 0 atom stereocenters. The molecular weight excluding hydrogens is 238 g/mol. The zero-order chi connectivity index (χ0) is 13.0. The maximum absolute atomic E-state index is 9.04. The summed E-state index contributed by atoms with van der Waals surface area (Å²) < 4.78 is 0. The predicted octanol–water partition coefficient (Wildman–Crippen LogP) is 4.47. The minimum absolute atomic E-state index is 0.756. The van der Waals surface area contributed by atoms with Crippen molar-refractivity contribution < 1.29 is 0 Å². The van der Waals surface area contributed by atoms with Crippen molar-refractivity contribution in [2.75, 3.05) is 0 Å². The number of rotatable bonds is 3. The lowest BCUT2D eigenvalue weighted by molar-refractivity contribution is 1.29. The number of benzene rings is 2. The molecular formula is C16H15NS. The number of nitrogens with zero attached hydrogens (tertiary/aromatic N) is 1. The van der Waals surface area contributed by atoms with Gasteiger partial charge in [0, 0.05) is 10.6 Å². The molecule has 0 radical (unpaired) electrons. The average Bonchev–Trinajstić information content (AvgIpc) is 2.35. The van der Waals surface area contributed by atoms with Crippen molar-refractivity contribution in [3.63, 3.8) is 0 Å². The molecule has 2 aromatic carbocycles. The van der Waals surface area contributed by atoms with Crippen LogP contribution in [0.1, 0.15) is 22.3 Å². The summed E-state index contributed by atoms with van der Waals surface area (Å²) in [5.41, 5.74) is 4.65. The van der Waals surface area contributed by atoms with E-state index in [1.807, 2.05) is 24.3 Å². The first-order chi connectivity index (χ1) is 8.69. The molecule has 0 amide bonds. The molecule has 18 heavy (non-hydrogen) atoms. The lowest BCUT2D eigenvalue weighted by atomic mass is 10.1. The summed E-state index contributed by atoms with van der Waals surface area (Å²) in [6.07, 6.45) is 0. The Morgan fingerprint density at radius 3 is 2.39 bits per heavy atom. The standard InChI is InChI=1S/C16H15NS/c1-12-7-13(2)9-14(8-12)11-18-16-6-4-3-5-15(16)10-17/h3-9H,11H2,1-2H3. The summed E-state index contributed by atoms with van der Waals surface area (Å²) in [7, 11) is 0. The highest BCUT2D eigenvalue weighted by Crippen LogP contribution is 2.26. The van der Waals surface area contributed by atoms with Crippen LogP contribution in [0, 0.1) is 25.2 Å². The average molecular weight is 253 g/mol. The highest BCUT2D eigenvalue weighted by atomic mass is 32.2. The topological polar surface area (TPSA) is 23.8 Å². The quantitative estimate of drug-likeness (QED) is 0.754. The molecule has 0 spiro atoms. The van der Waals surface area contributed by atoms with Crippen LogP contribution in [-0.2, 0) is 5.75 Å². The lowest BCUT2D eigenvalue weighted by Gasteiger charge is -2.06. The van der Waals surface area contributed by atoms with E-state index < -0.39 is 0 Å². The number of aryl methyl sites for hydroxylation is 2. The monoisotopic (exact) mass is 253 g/mol. The Labute approximate surface area is 112 Å². The molecule has 0 fully saturated rings. The second-order valence-corrected chi connectivity index (χ2v) is 5.41. The summed E-state index contributed by atoms with van der Waals surface area (Å²) in [5.74, 6) is 0.904. The van der Waals surface area contributed by atoms with Crippen molar-refractivity contribution in [3.05, 3.63) is 64.7 Å². The first-order valence-electron chi connectivity index (χ1n) is 5.88. The third-order valence-corrected chi connectivity index (χ3v) is 3.83. The molecule has 1 nitrogen and oxygen atoms in total. The van der Waals surface area contributed by atoms with Crippen LogP contribution in [0.3, 0.4) is 0 Å². The van der Waals surface area contributed by atoms with Crippen molar-refractivity contribution in [1.82, 2.24) is 0 Å². The first kappa shape index (κ1) is 12.7. The van der Waals surface area contributed by atoms with Gasteiger partial charge in [-0.25, -0.2) is 0 Å². The number of nitriles is 1. The summed E-state index contributed by atoms with van der Waals surface area (Å²) in [6.45, 7) is 4.23. The van der Waals surface area contributed by atoms with E-state index >= 15 is 0 Å². The molecule has 90 valence electrons. The van der Waals surface area contributed by atoms with Gasteiger partial charge in [0.2, 0.25) is 0 Å². The van der Waals surface area contributed by atoms with Gasteiger partial charge in [-0.1, -0.05) is 41.5 Å². The van der Waals surface area contributed by atoms with E-state index in [1.165, 1.54) is 16.7 Å². The van der Waals surface area contributed by atoms with Crippen LogP contribution < -0.4 is 0 Å². The second-order valence-electron chi connectivity index (χ2n) is 4.39. The van der Waals surface area contributed by atoms with Crippen LogP contribution >= 0.6 is 11.8 Å². The second kappa shape index (κ2) is 5.75. The fourth-order valence-electron chi connectivity index (χ4n) is 2.00. The molecule has 0 saturated heterocycles. The largest absolute Gasteiger partial charge is 0.192 e. The van der Waals surface area contributed by atoms with Crippen LogP contribution in [0.25, 0.3) is 0 Å². The van der Waals surface area contributed by atoms with E-state index in [0.717, 1.165) is 16.2 Å². The van der Waals surface area contributed by atoms with Gasteiger partial charge in [-0.15, -0.1) is 11.8 Å². The molecule has 0 aliphatic carbocycles. The van der Waals surface area contributed by atoms with Gasteiger partial charge in [-0.2, -0.15) is 5.26 Å². The molecule has 0 bridgehead atoms. The fraction of sp³-hybridized carbons (Fsp3) is 0.188. The van der Waals surface area contributed by atoms with Gasteiger partial charge < -0.3 is 0 Å². The molecule has 2 heteroatoms. The molecule has 0 N–H and O–H groups in total. The smallest absolute Gasteiger partial charge is 0.100 e. The van der Waals surface area contributed by atoms with Gasteiger partial charge in [0.05, 0.1) is 5.56 Å². The van der Waals surface area contributed by atoms with E-state index in [0.29, 0.717) is 0 Å². The summed E-state index contributed by atoms with van der Waals surface area (Å²) in [4.78, 5) is 1.05. The molecule has 0 aromatic heterocycles. The normalized spacial score (nSPS) is 10.1. The zero-order valence-electron chi connectivity index (χ0n) is 10.6. The number of thioether (sulfide) groups is 1. The van der Waals surface area contributed by atoms with Gasteiger partial charge in [0.25, 0.3) is 0 Å². The summed E-state index contributed by atoms with van der Waals surface area (Å²) >= 11 is 1.72. The Morgan fingerprint density at radius 2 is 1.72 bits per heavy atom. The SMILES string of the molecule is Cc1cc(C)cc(CSc2ccccc2C#N)c1. The minimum Gasteiger partial charge on any atom is -0.192 e. The molecule has 0 aliphatic rings. The summed E-state index contributed by atoms with van der Waals surface area (Å²) in [5, 5.41) is 9.04. The maximum Gasteiger partial charge on any atom is 0.100 e. The zero-order valence-corrected chi connectivity index (χ0v) is 11.4. The number of hydrogen-bond acceptors (Lipinski definition) is 2. The van der Waals surface area contributed by atoms with Crippen molar-refractivity contribution in [2.24, 2.45) is 0 Å².